The van der Waals surface area contributed by atoms with Crippen LogP contribution in [0, 0.1) is 0 Å². The van der Waals surface area contributed by atoms with Crippen LogP contribution >= 0.6 is 0 Å². The van der Waals surface area contributed by atoms with Gasteiger partial charge >= 0.3 is 0 Å². The highest BCUT2D eigenvalue weighted by Crippen LogP contribution is 2.46. The summed E-state index contributed by atoms with van der Waals surface area (Å²) < 4.78 is 0. The van der Waals surface area contributed by atoms with E-state index in [1.807, 2.05) is 72.8 Å². The van der Waals surface area contributed by atoms with E-state index in [0.717, 1.165) is 56.1 Å². The maximum Gasteiger partial charge on any atom is 0.0470 e. The Balaban J connectivity index is 1.54. The molecule has 0 heterocycles. The third kappa shape index (κ3) is 5.38. The predicted molar refractivity (Wildman–Crippen MR) is 171 cm³/mol. The van der Waals surface area contributed by atoms with Crippen molar-refractivity contribution in [2.75, 3.05) is 22.1 Å². The third-order valence-corrected chi connectivity index (χ3v) is 6.87. The first kappa shape index (κ1) is 24.8. The third-order valence-electron chi connectivity index (χ3n) is 6.87. The van der Waals surface area contributed by atoms with Gasteiger partial charge in [-0.2, -0.15) is 0 Å². The zero-order chi connectivity index (χ0) is 27.3. The van der Waals surface area contributed by atoms with Gasteiger partial charge in [0.1, 0.15) is 0 Å². The van der Waals surface area contributed by atoms with Crippen molar-refractivity contribution in [2.45, 2.75) is 0 Å². The number of rotatable bonds is 7. The Morgan fingerprint density at radius 2 is 0.900 bits per heavy atom. The molecule has 0 saturated carbocycles. The van der Waals surface area contributed by atoms with Gasteiger partial charge < -0.3 is 22.1 Å². The van der Waals surface area contributed by atoms with Gasteiger partial charge in [-0.1, -0.05) is 78.9 Å². The van der Waals surface area contributed by atoms with Gasteiger partial charge in [0.2, 0.25) is 0 Å². The Kier molecular flexibility index (Phi) is 6.89. The molecule has 40 heavy (non-hydrogen) atoms. The summed E-state index contributed by atoms with van der Waals surface area (Å²) in [6.07, 6.45) is 0. The van der Waals surface area contributed by atoms with Crippen LogP contribution in [0.1, 0.15) is 0 Å². The van der Waals surface area contributed by atoms with Crippen LogP contribution in [0.2, 0.25) is 0 Å². The monoisotopic (exact) mass is 518 g/mol. The molecule has 0 aliphatic carbocycles. The van der Waals surface area contributed by atoms with Crippen LogP contribution in [0.4, 0.5) is 34.1 Å². The van der Waals surface area contributed by atoms with Crippen molar-refractivity contribution in [1.29, 1.82) is 0 Å². The number of benzene rings is 6. The van der Waals surface area contributed by atoms with Crippen LogP contribution < -0.4 is 22.1 Å². The van der Waals surface area contributed by atoms with Crippen molar-refractivity contribution in [3.63, 3.8) is 0 Å². The second kappa shape index (κ2) is 11.1. The number of hydrogen-bond donors (Lipinski definition) is 4. The number of nitrogens with one attached hydrogen (secondary N) is 2. The number of nitrogens with two attached hydrogens (primary N) is 2. The number of anilines is 6. The van der Waals surface area contributed by atoms with Crippen molar-refractivity contribution < 1.29 is 0 Å². The molecule has 6 aromatic rings. The minimum absolute atomic E-state index is 0.712. The molecule has 6 N–H and O–H groups in total. The Bertz CT molecular complexity index is 1740. The van der Waals surface area contributed by atoms with Gasteiger partial charge in [0.25, 0.3) is 0 Å². The van der Waals surface area contributed by atoms with E-state index < -0.39 is 0 Å². The Morgan fingerprint density at radius 3 is 1.48 bits per heavy atom. The van der Waals surface area contributed by atoms with E-state index in [4.69, 9.17) is 11.5 Å². The van der Waals surface area contributed by atoms with E-state index in [1.54, 1.807) is 0 Å². The molecule has 6 rings (SSSR count). The summed E-state index contributed by atoms with van der Waals surface area (Å²) in [5, 5.41) is 7.12. The molecule has 0 aromatic heterocycles. The fraction of sp³-hybridized carbons (Fsp3) is 0. The first-order chi connectivity index (χ1) is 19.6. The van der Waals surface area contributed by atoms with Gasteiger partial charge in [0.05, 0.1) is 0 Å². The maximum absolute atomic E-state index is 6.31. The zero-order valence-corrected chi connectivity index (χ0v) is 22.0. The van der Waals surface area contributed by atoms with Crippen LogP contribution in [0.15, 0.2) is 146 Å². The molecule has 0 radical (unpaired) electrons. The summed E-state index contributed by atoms with van der Waals surface area (Å²) in [5.41, 5.74) is 24.5. The molecule has 0 atom stereocenters. The van der Waals surface area contributed by atoms with Crippen molar-refractivity contribution >= 4 is 34.1 Å². The van der Waals surface area contributed by atoms with Crippen molar-refractivity contribution in [2.24, 2.45) is 0 Å². The van der Waals surface area contributed by atoms with E-state index >= 15 is 0 Å². The molecule has 0 amide bonds. The van der Waals surface area contributed by atoms with Gasteiger partial charge in [0, 0.05) is 39.7 Å². The second-order valence-corrected chi connectivity index (χ2v) is 9.72. The minimum atomic E-state index is 0.712. The van der Waals surface area contributed by atoms with Crippen LogP contribution in [-0.2, 0) is 0 Å². The van der Waals surface area contributed by atoms with Gasteiger partial charge in [-0.15, -0.1) is 0 Å². The normalized spacial score (nSPS) is 10.7. The van der Waals surface area contributed by atoms with E-state index in [2.05, 4.69) is 83.4 Å². The Morgan fingerprint density at radius 1 is 0.375 bits per heavy atom. The first-order valence-corrected chi connectivity index (χ1v) is 13.3. The largest absolute Gasteiger partial charge is 0.399 e. The van der Waals surface area contributed by atoms with E-state index in [-0.39, 0.29) is 0 Å². The highest BCUT2D eigenvalue weighted by atomic mass is 14.9. The standard InChI is InChI=1S/C36H30N4/c37-28-11-7-9-26(23-28)35-33(25-17-19-32(20-18-25)39-30-13-3-1-4-14-30)21-22-34(40-31-15-5-2-6-16-31)36(35)27-10-8-12-29(38)24-27/h1-24,39-40H,37-38H2. The highest BCUT2D eigenvalue weighted by molar-refractivity contribution is 6.01. The lowest BCUT2D eigenvalue weighted by atomic mass is 9.86. The molecular weight excluding hydrogens is 488 g/mol. The van der Waals surface area contributed by atoms with E-state index in [1.165, 1.54) is 0 Å². The van der Waals surface area contributed by atoms with Gasteiger partial charge in [-0.25, -0.2) is 0 Å². The molecule has 0 aliphatic rings. The number of para-hydroxylation sites is 2. The molecular formula is C36H30N4. The molecule has 4 heteroatoms. The van der Waals surface area contributed by atoms with Crippen molar-refractivity contribution in [3.8, 4) is 33.4 Å². The van der Waals surface area contributed by atoms with E-state index in [0.29, 0.717) is 11.4 Å². The van der Waals surface area contributed by atoms with Crippen molar-refractivity contribution in [1.82, 2.24) is 0 Å². The molecule has 0 fully saturated rings. The maximum atomic E-state index is 6.31. The van der Waals surface area contributed by atoms with Crippen LogP contribution in [-0.4, -0.2) is 0 Å². The smallest absolute Gasteiger partial charge is 0.0470 e. The summed E-state index contributed by atoms with van der Waals surface area (Å²) in [6.45, 7) is 0. The summed E-state index contributed by atoms with van der Waals surface area (Å²) in [7, 11) is 0. The summed E-state index contributed by atoms with van der Waals surface area (Å²) in [4.78, 5) is 0. The highest BCUT2D eigenvalue weighted by Gasteiger charge is 2.19. The fourth-order valence-electron chi connectivity index (χ4n) is 5.03. The average Bonchev–Trinajstić information content (AvgIpc) is 2.98. The second-order valence-electron chi connectivity index (χ2n) is 9.72. The molecule has 194 valence electrons. The topological polar surface area (TPSA) is 76.1 Å². The minimum Gasteiger partial charge on any atom is -0.399 e. The lowest BCUT2D eigenvalue weighted by molar-refractivity contribution is 1.50. The molecule has 4 nitrogen and oxygen atoms in total. The summed E-state index contributed by atoms with van der Waals surface area (Å²) in [6, 6.07) is 49.4. The number of hydrogen-bond acceptors (Lipinski definition) is 4. The zero-order valence-electron chi connectivity index (χ0n) is 22.0. The lowest BCUT2D eigenvalue weighted by Gasteiger charge is -2.22. The van der Waals surface area contributed by atoms with Gasteiger partial charge in [-0.3, -0.25) is 0 Å². The van der Waals surface area contributed by atoms with Crippen LogP contribution in [0.5, 0.6) is 0 Å². The van der Waals surface area contributed by atoms with Gasteiger partial charge in [0.15, 0.2) is 0 Å². The molecule has 0 aliphatic heterocycles. The quantitative estimate of drug-likeness (QED) is 0.159. The molecule has 0 saturated heterocycles. The molecule has 0 bridgehead atoms. The Hall–Kier alpha value is -5.48. The molecule has 6 aromatic carbocycles. The predicted octanol–water partition coefficient (Wildman–Crippen LogP) is 9.34. The summed E-state index contributed by atoms with van der Waals surface area (Å²) >= 11 is 0. The molecule has 0 unspecified atom stereocenters. The van der Waals surface area contributed by atoms with E-state index in [9.17, 15) is 0 Å². The first-order valence-electron chi connectivity index (χ1n) is 13.3. The SMILES string of the molecule is Nc1cccc(-c2c(Nc3ccccc3)ccc(-c3ccc(Nc4ccccc4)cc3)c2-c2cccc(N)c2)c1. The fourth-order valence-corrected chi connectivity index (χ4v) is 5.03. The lowest BCUT2D eigenvalue weighted by Crippen LogP contribution is -1.99. The van der Waals surface area contributed by atoms with Crippen LogP contribution in [0.3, 0.4) is 0 Å². The van der Waals surface area contributed by atoms with Crippen molar-refractivity contribution in [3.05, 3.63) is 146 Å². The van der Waals surface area contributed by atoms with Gasteiger partial charge in [-0.05, 0) is 94.5 Å². The number of nitrogen functional groups attached to an aromatic ring is 2. The average molecular weight is 519 g/mol. The van der Waals surface area contributed by atoms with Crippen LogP contribution in [0.25, 0.3) is 33.4 Å². The Labute approximate surface area is 234 Å². The molecule has 0 spiro atoms. The summed E-state index contributed by atoms with van der Waals surface area (Å²) in [5.74, 6) is 0.